The summed E-state index contributed by atoms with van der Waals surface area (Å²) in [5.41, 5.74) is 0.490. The average molecular weight is 306 g/mol. The quantitative estimate of drug-likeness (QED) is 0.647. The first-order chi connectivity index (χ1) is 10.2. The average Bonchev–Trinajstić information content (AvgIpc) is 2.52. The summed E-state index contributed by atoms with van der Waals surface area (Å²) >= 11 is 1.46. The van der Waals surface area contributed by atoms with Crippen molar-refractivity contribution in [3.05, 3.63) is 36.1 Å². The molecule has 21 heavy (non-hydrogen) atoms. The standard InChI is InChI=1S/C15H19FN4S/c1-4-9-17-13-10-14(19-15(18-13)21-3)20(2)12-8-6-5-7-11(12)16/h5-8,10H,4,9H2,1-3H3,(H,17,18,19). The molecule has 0 radical (unpaired) electrons. The maximum Gasteiger partial charge on any atom is 0.191 e. The second-order valence-corrected chi connectivity index (χ2v) is 5.31. The molecule has 0 saturated heterocycles. The SMILES string of the molecule is CCCNc1cc(N(C)c2ccccc2F)nc(SC)n1. The van der Waals surface area contributed by atoms with E-state index in [1.54, 1.807) is 24.1 Å². The first-order valence-corrected chi connectivity index (χ1v) is 8.03. The highest BCUT2D eigenvalue weighted by molar-refractivity contribution is 7.98. The van der Waals surface area contributed by atoms with Crippen molar-refractivity contribution >= 4 is 29.1 Å². The zero-order chi connectivity index (χ0) is 15.2. The first kappa shape index (κ1) is 15.6. The van der Waals surface area contributed by atoms with Crippen molar-refractivity contribution in [3.63, 3.8) is 0 Å². The molecule has 4 nitrogen and oxygen atoms in total. The molecular weight excluding hydrogens is 287 g/mol. The summed E-state index contributed by atoms with van der Waals surface area (Å²) in [6.45, 7) is 2.93. The fraction of sp³-hybridized carbons (Fsp3) is 0.333. The van der Waals surface area contributed by atoms with Crippen LogP contribution in [0.5, 0.6) is 0 Å². The predicted octanol–water partition coefficient (Wildman–Crippen LogP) is 3.93. The molecule has 0 fully saturated rings. The minimum atomic E-state index is -0.271. The molecule has 1 aromatic heterocycles. The molecule has 112 valence electrons. The van der Waals surface area contributed by atoms with Gasteiger partial charge in [0.2, 0.25) is 0 Å². The molecule has 2 aromatic rings. The number of para-hydroxylation sites is 1. The van der Waals surface area contributed by atoms with E-state index in [1.165, 1.54) is 17.8 Å². The molecule has 1 N–H and O–H groups in total. The van der Waals surface area contributed by atoms with Gasteiger partial charge in [0, 0.05) is 19.7 Å². The zero-order valence-electron chi connectivity index (χ0n) is 12.4. The normalized spacial score (nSPS) is 10.5. The van der Waals surface area contributed by atoms with E-state index in [0.29, 0.717) is 16.7 Å². The van der Waals surface area contributed by atoms with E-state index in [-0.39, 0.29) is 5.82 Å². The molecule has 0 aliphatic rings. The monoisotopic (exact) mass is 306 g/mol. The Kier molecular flexibility index (Phi) is 5.38. The van der Waals surface area contributed by atoms with Crippen LogP contribution in [0.4, 0.5) is 21.7 Å². The molecule has 1 aromatic carbocycles. The Morgan fingerprint density at radius 3 is 2.71 bits per heavy atom. The zero-order valence-corrected chi connectivity index (χ0v) is 13.2. The van der Waals surface area contributed by atoms with Crippen LogP contribution in [-0.4, -0.2) is 29.8 Å². The van der Waals surface area contributed by atoms with Gasteiger partial charge >= 0.3 is 0 Å². The van der Waals surface area contributed by atoms with Crippen LogP contribution in [0.25, 0.3) is 0 Å². The number of aromatic nitrogens is 2. The van der Waals surface area contributed by atoms with Crippen LogP contribution in [0.2, 0.25) is 0 Å². The van der Waals surface area contributed by atoms with Crippen molar-refractivity contribution in [2.45, 2.75) is 18.5 Å². The van der Waals surface area contributed by atoms with Crippen molar-refractivity contribution in [2.75, 3.05) is 30.1 Å². The summed E-state index contributed by atoms with van der Waals surface area (Å²) < 4.78 is 13.9. The van der Waals surface area contributed by atoms with Crippen LogP contribution in [0, 0.1) is 5.82 Å². The number of nitrogens with one attached hydrogen (secondary N) is 1. The third-order valence-electron chi connectivity index (χ3n) is 2.99. The number of benzene rings is 1. The van der Waals surface area contributed by atoms with Crippen molar-refractivity contribution < 1.29 is 4.39 Å². The minimum Gasteiger partial charge on any atom is -0.370 e. The van der Waals surface area contributed by atoms with Gasteiger partial charge in [-0.25, -0.2) is 14.4 Å². The van der Waals surface area contributed by atoms with Crippen LogP contribution in [-0.2, 0) is 0 Å². The highest BCUT2D eigenvalue weighted by Gasteiger charge is 2.12. The largest absolute Gasteiger partial charge is 0.370 e. The number of anilines is 3. The van der Waals surface area contributed by atoms with Crippen molar-refractivity contribution in [1.82, 2.24) is 9.97 Å². The van der Waals surface area contributed by atoms with E-state index in [1.807, 2.05) is 18.4 Å². The number of halogens is 1. The number of hydrogen-bond acceptors (Lipinski definition) is 5. The number of nitrogens with zero attached hydrogens (tertiary/aromatic N) is 3. The molecule has 0 aliphatic carbocycles. The lowest BCUT2D eigenvalue weighted by Gasteiger charge is -2.20. The third kappa shape index (κ3) is 3.85. The van der Waals surface area contributed by atoms with Gasteiger partial charge in [-0.05, 0) is 24.8 Å². The number of thioether (sulfide) groups is 1. The van der Waals surface area contributed by atoms with Gasteiger partial charge in [0.15, 0.2) is 5.16 Å². The third-order valence-corrected chi connectivity index (χ3v) is 3.54. The number of rotatable bonds is 6. The second-order valence-electron chi connectivity index (χ2n) is 4.54. The fourth-order valence-corrected chi connectivity index (χ4v) is 2.24. The van der Waals surface area contributed by atoms with Crippen molar-refractivity contribution in [2.24, 2.45) is 0 Å². The molecule has 0 saturated carbocycles. The number of hydrogen-bond donors (Lipinski definition) is 1. The molecule has 0 bridgehead atoms. The van der Waals surface area contributed by atoms with Gasteiger partial charge in [0.25, 0.3) is 0 Å². The Hall–Kier alpha value is -1.82. The lowest BCUT2D eigenvalue weighted by atomic mass is 10.3. The van der Waals surface area contributed by atoms with Crippen LogP contribution < -0.4 is 10.2 Å². The summed E-state index contributed by atoms with van der Waals surface area (Å²) in [4.78, 5) is 10.6. The van der Waals surface area contributed by atoms with Crippen LogP contribution in [0.1, 0.15) is 13.3 Å². The smallest absolute Gasteiger partial charge is 0.191 e. The minimum absolute atomic E-state index is 0.271. The Morgan fingerprint density at radius 1 is 1.29 bits per heavy atom. The van der Waals surface area contributed by atoms with E-state index >= 15 is 0 Å². The molecule has 0 amide bonds. The van der Waals surface area contributed by atoms with Crippen molar-refractivity contribution in [3.8, 4) is 0 Å². The molecule has 1 heterocycles. The highest BCUT2D eigenvalue weighted by Crippen LogP contribution is 2.27. The summed E-state index contributed by atoms with van der Waals surface area (Å²) in [5, 5.41) is 3.91. The fourth-order valence-electron chi connectivity index (χ4n) is 1.87. The van der Waals surface area contributed by atoms with E-state index in [2.05, 4.69) is 22.2 Å². The topological polar surface area (TPSA) is 41.0 Å². The van der Waals surface area contributed by atoms with Gasteiger partial charge in [-0.15, -0.1) is 0 Å². The molecule has 0 aliphatic heterocycles. The van der Waals surface area contributed by atoms with Crippen LogP contribution in [0.15, 0.2) is 35.5 Å². The molecule has 0 atom stereocenters. The summed E-state index contributed by atoms with van der Waals surface area (Å²) in [5.74, 6) is 1.15. The van der Waals surface area contributed by atoms with Gasteiger partial charge in [0.1, 0.15) is 17.5 Å². The lowest BCUT2D eigenvalue weighted by molar-refractivity contribution is 0.627. The van der Waals surface area contributed by atoms with Crippen LogP contribution >= 0.6 is 11.8 Å². The second kappa shape index (κ2) is 7.26. The molecular formula is C15H19FN4S. The summed E-state index contributed by atoms with van der Waals surface area (Å²) in [6.07, 6.45) is 2.93. The van der Waals surface area contributed by atoms with Gasteiger partial charge < -0.3 is 10.2 Å². The van der Waals surface area contributed by atoms with E-state index < -0.39 is 0 Å². The molecule has 2 rings (SSSR count). The highest BCUT2D eigenvalue weighted by atomic mass is 32.2. The van der Waals surface area contributed by atoms with Crippen LogP contribution in [0.3, 0.4) is 0 Å². The van der Waals surface area contributed by atoms with E-state index in [0.717, 1.165) is 18.8 Å². The molecule has 0 spiro atoms. The Balaban J connectivity index is 2.35. The summed E-state index contributed by atoms with van der Waals surface area (Å²) in [6, 6.07) is 8.49. The molecule has 0 unspecified atom stereocenters. The van der Waals surface area contributed by atoms with Gasteiger partial charge in [-0.3, -0.25) is 0 Å². The lowest BCUT2D eigenvalue weighted by Crippen LogP contribution is -2.14. The van der Waals surface area contributed by atoms with Gasteiger partial charge in [-0.1, -0.05) is 30.8 Å². The maximum absolute atomic E-state index is 13.9. The van der Waals surface area contributed by atoms with Gasteiger partial charge in [0.05, 0.1) is 5.69 Å². The van der Waals surface area contributed by atoms with E-state index in [9.17, 15) is 4.39 Å². The van der Waals surface area contributed by atoms with E-state index in [4.69, 9.17) is 0 Å². The summed E-state index contributed by atoms with van der Waals surface area (Å²) in [7, 11) is 1.80. The Labute approximate surface area is 128 Å². The van der Waals surface area contributed by atoms with Crippen molar-refractivity contribution in [1.29, 1.82) is 0 Å². The van der Waals surface area contributed by atoms with Gasteiger partial charge in [-0.2, -0.15) is 0 Å². The Morgan fingerprint density at radius 2 is 2.05 bits per heavy atom. The predicted molar refractivity (Wildman–Crippen MR) is 87.1 cm³/mol. The Bertz CT molecular complexity index is 606. The maximum atomic E-state index is 13.9. The first-order valence-electron chi connectivity index (χ1n) is 6.81. The molecule has 6 heteroatoms.